The van der Waals surface area contributed by atoms with Crippen molar-refractivity contribution in [3.05, 3.63) is 47.8 Å². The molecule has 2 fully saturated rings. The number of carbonyl (C=O) groups is 1. The van der Waals surface area contributed by atoms with Gasteiger partial charge in [0.15, 0.2) is 0 Å². The molecule has 4 heteroatoms. The van der Waals surface area contributed by atoms with E-state index in [-0.39, 0.29) is 11.7 Å². The maximum Gasteiger partial charge on any atom is 0.251 e. The minimum Gasteiger partial charge on any atom is -0.352 e. The fraction of sp³-hybridized carbons (Fsp3) is 0.625. The molecule has 1 N–H and O–H groups in total. The van der Waals surface area contributed by atoms with E-state index in [9.17, 15) is 9.18 Å². The number of rotatable bonds is 5. The van der Waals surface area contributed by atoms with Crippen molar-refractivity contribution < 1.29 is 9.18 Å². The summed E-state index contributed by atoms with van der Waals surface area (Å²) in [6, 6.07) is 7.11. The highest BCUT2D eigenvalue weighted by molar-refractivity contribution is 5.94. The first-order valence-corrected chi connectivity index (χ1v) is 10.5. The summed E-state index contributed by atoms with van der Waals surface area (Å²) in [7, 11) is 0. The van der Waals surface area contributed by atoms with Crippen LogP contribution < -0.4 is 5.32 Å². The zero-order valence-corrected chi connectivity index (χ0v) is 18.2. The van der Waals surface area contributed by atoms with Crippen LogP contribution in [0.25, 0.3) is 0 Å². The Morgan fingerprint density at radius 1 is 1.21 bits per heavy atom. The molecule has 2 aliphatic heterocycles. The Balaban J connectivity index is 0.000000500. The van der Waals surface area contributed by atoms with Gasteiger partial charge in [-0.2, -0.15) is 0 Å². The van der Waals surface area contributed by atoms with Crippen LogP contribution >= 0.6 is 0 Å². The highest BCUT2D eigenvalue weighted by Gasteiger charge is 2.40. The normalized spacial score (nSPS) is 24.3. The zero-order valence-electron chi connectivity index (χ0n) is 18.2. The van der Waals surface area contributed by atoms with Crippen LogP contribution in [0.3, 0.4) is 0 Å². The molecule has 2 bridgehead atoms. The summed E-state index contributed by atoms with van der Waals surface area (Å²) in [5.41, 5.74) is 2.12. The lowest BCUT2D eigenvalue weighted by molar-refractivity contribution is 0.0898. The van der Waals surface area contributed by atoms with Crippen LogP contribution in [0.15, 0.2) is 36.4 Å². The third kappa shape index (κ3) is 7.38. The van der Waals surface area contributed by atoms with Gasteiger partial charge < -0.3 is 5.32 Å². The second kappa shape index (κ2) is 9.69. The maximum atomic E-state index is 13.2. The second-order valence-electron chi connectivity index (χ2n) is 10.1. The summed E-state index contributed by atoms with van der Waals surface area (Å²) in [5.74, 6) is -0.0311. The topological polar surface area (TPSA) is 32.3 Å². The van der Waals surface area contributed by atoms with Gasteiger partial charge in [-0.05, 0) is 62.1 Å². The molecule has 1 aromatic rings. The Hall–Kier alpha value is -1.68. The molecule has 2 unspecified atom stereocenters. The van der Waals surface area contributed by atoms with E-state index in [0.717, 1.165) is 19.4 Å². The first kappa shape index (κ1) is 22.6. The highest BCUT2D eigenvalue weighted by Crippen LogP contribution is 2.38. The molecule has 2 saturated heterocycles. The Kier molecular flexibility index (Phi) is 7.82. The summed E-state index contributed by atoms with van der Waals surface area (Å²) >= 11 is 0. The molecule has 0 aliphatic carbocycles. The predicted molar refractivity (Wildman–Crippen MR) is 115 cm³/mol. The van der Waals surface area contributed by atoms with Gasteiger partial charge in [0.05, 0.1) is 0 Å². The van der Waals surface area contributed by atoms with Gasteiger partial charge in [-0.1, -0.05) is 45.9 Å². The molecule has 0 aromatic heterocycles. The van der Waals surface area contributed by atoms with E-state index >= 15 is 0 Å². The summed E-state index contributed by atoms with van der Waals surface area (Å²) in [4.78, 5) is 14.7. The number of benzene rings is 1. The van der Waals surface area contributed by atoms with Crippen LogP contribution in [0.1, 0.15) is 70.7 Å². The van der Waals surface area contributed by atoms with Crippen LogP contribution in [0.2, 0.25) is 0 Å². The molecular weight excluding hydrogens is 351 g/mol. The van der Waals surface area contributed by atoms with Crippen LogP contribution in [-0.2, 0) is 0 Å². The standard InChI is InChI=1S/C19H25FN2O.C5H12/c1-13(2)12-22-17-6-7-18(22)9-14(8-17)11-21-19(23)15-4-3-5-16(20)10-15;1-5(2,3)4/h3-5,10,14,17-18H,1,6-9,11-12H2,2H3,(H,21,23);1-4H3. The lowest BCUT2D eigenvalue weighted by Crippen LogP contribution is -2.46. The third-order valence-electron chi connectivity index (χ3n) is 5.07. The number of hydrogen-bond donors (Lipinski definition) is 1. The number of piperidine rings is 1. The minimum atomic E-state index is -0.371. The molecule has 156 valence electrons. The molecule has 28 heavy (non-hydrogen) atoms. The van der Waals surface area contributed by atoms with Crippen LogP contribution in [0.5, 0.6) is 0 Å². The molecule has 0 spiro atoms. The molecule has 3 nitrogen and oxygen atoms in total. The summed E-state index contributed by atoms with van der Waals surface area (Å²) < 4.78 is 13.2. The average molecular weight is 389 g/mol. The number of nitrogens with one attached hydrogen (secondary N) is 1. The van der Waals surface area contributed by atoms with E-state index < -0.39 is 0 Å². The van der Waals surface area contributed by atoms with Crippen molar-refractivity contribution in [3.63, 3.8) is 0 Å². The maximum absolute atomic E-state index is 13.2. The van der Waals surface area contributed by atoms with E-state index in [1.54, 1.807) is 12.1 Å². The monoisotopic (exact) mass is 388 g/mol. The van der Waals surface area contributed by atoms with Gasteiger partial charge in [-0.15, -0.1) is 0 Å². The number of hydrogen-bond acceptors (Lipinski definition) is 2. The summed E-state index contributed by atoms with van der Waals surface area (Å²) in [6.07, 6.45) is 4.78. The summed E-state index contributed by atoms with van der Waals surface area (Å²) in [5, 5.41) is 2.98. The Labute approximate surface area is 170 Å². The smallest absolute Gasteiger partial charge is 0.251 e. The fourth-order valence-corrected chi connectivity index (χ4v) is 4.09. The molecule has 2 heterocycles. The second-order valence-corrected chi connectivity index (χ2v) is 10.1. The first-order chi connectivity index (χ1) is 13.0. The van der Waals surface area contributed by atoms with Crippen molar-refractivity contribution in [1.82, 2.24) is 10.2 Å². The number of halogens is 1. The van der Waals surface area contributed by atoms with Crippen molar-refractivity contribution in [2.45, 2.75) is 72.4 Å². The van der Waals surface area contributed by atoms with Crippen molar-refractivity contribution in [3.8, 4) is 0 Å². The Morgan fingerprint density at radius 3 is 2.29 bits per heavy atom. The number of carbonyl (C=O) groups excluding carboxylic acids is 1. The highest BCUT2D eigenvalue weighted by atomic mass is 19.1. The molecule has 0 radical (unpaired) electrons. The van der Waals surface area contributed by atoms with Crippen molar-refractivity contribution in [2.75, 3.05) is 13.1 Å². The van der Waals surface area contributed by atoms with Crippen LogP contribution in [0, 0.1) is 17.2 Å². The molecule has 1 amide bonds. The Bertz CT molecular complexity index is 659. The molecule has 0 saturated carbocycles. The van der Waals surface area contributed by atoms with E-state index in [4.69, 9.17) is 0 Å². The van der Waals surface area contributed by atoms with Gasteiger partial charge in [0.1, 0.15) is 5.82 Å². The zero-order chi connectivity index (χ0) is 20.9. The SMILES string of the molecule is C=C(C)CN1C2CCC1CC(CNC(=O)c1cccc(F)c1)C2.CC(C)(C)C. The average Bonchev–Trinajstić information content (AvgIpc) is 2.79. The minimum absolute atomic E-state index is 0.179. The molecule has 1 aromatic carbocycles. The summed E-state index contributed by atoms with van der Waals surface area (Å²) in [6.45, 7) is 16.6. The molecule has 3 rings (SSSR count). The van der Waals surface area contributed by atoms with Gasteiger partial charge in [-0.25, -0.2) is 4.39 Å². The number of amides is 1. The third-order valence-corrected chi connectivity index (χ3v) is 5.07. The lowest BCUT2D eigenvalue weighted by Gasteiger charge is -2.39. The number of nitrogens with zero attached hydrogens (tertiary/aromatic N) is 1. The van der Waals surface area contributed by atoms with Crippen molar-refractivity contribution >= 4 is 5.91 Å². The van der Waals surface area contributed by atoms with Gasteiger partial charge in [0.2, 0.25) is 0 Å². The first-order valence-electron chi connectivity index (χ1n) is 10.5. The quantitative estimate of drug-likeness (QED) is 0.683. The number of fused-ring (bicyclic) bond motifs is 2. The molecule has 2 atom stereocenters. The van der Waals surface area contributed by atoms with E-state index in [2.05, 4.69) is 51.4 Å². The van der Waals surface area contributed by atoms with E-state index in [1.807, 2.05) is 0 Å². The Morgan fingerprint density at radius 2 is 1.79 bits per heavy atom. The van der Waals surface area contributed by atoms with Gasteiger partial charge in [0, 0.05) is 30.7 Å². The fourth-order valence-electron chi connectivity index (χ4n) is 4.09. The molecular formula is C24H37FN2O. The largest absolute Gasteiger partial charge is 0.352 e. The molecule has 2 aliphatic rings. The van der Waals surface area contributed by atoms with Crippen LogP contribution in [0.4, 0.5) is 4.39 Å². The predicted octanol–water partition coefficient (Wildman–Crippen LogP) is 5.43. The van der Waals surface area contributed by atoms with E-state index in [0.29, 0.717) is 35.5 Å². The lowest BCUT2D eigenvalue weighted by atomic mass is 9.90. The van der Waals surface area contributed by atoms with Crippen molar-refractivity contribution in [1.29, 1.82) is 0 Å². The van der Waals surface area contributed by atoms with Gasteiger partial charge >= 0.3 is 0 Å². The van der Waals surface area contributed by atoms with Gasteiger partial charge in [-0.3, -0.25) is 9.69 Å². The van der Waals surface area contributed by atoms with E-state index in [1.165, 1.54) is 30.5 Å². The van der Waals surface area contributed by atoms with Crippen molar-refractivity contribution in [2.24, 2.45) is 11.3 Å². The van der Waals surface area contributed by atoms with Gasteiger partial charge in [0.25, 0.3) is 5.91 Å². The van der Waals surface area contributed by atoms with Crippen LogP contribution in [-0.4, -0.2) is 36.0 Å².